The molecule has 0 unspecified atom stereocenters. The molecule has 6 nitrogen and oxygen atoms in total. The van der Waals surface area contributed by atoms with Crippen molar-refractivity contribution in [3.63, 3.8) is 0 Å². The van der Waals surface area contributed by atoms with E-state index >= 15 is 0 Å². The number of benzene rings is 1. The Labute approximate surface area is 159 Å². The first-order valence-corrected chi connectivity index (χ1v) is 10.7. The predicted octanol–water partition coefficient (Wildman–Crippen LogP) is 3.52. The van der Waals surface area contributed by atoms with Gasteiger partial charge in [0.05, 0.1) is 6.20 Å². The van der Waals surface area contributed by atoms with Crippen molar-refractivity contribution in [1.82, 2.24) is 19.1 Å². The first-order chi connectivity index (χ1) is 11.9. The molecule has 0 saturated heterocycles. The fourth-order valence-corrected chi connectivity index (χ4v) is 5.13. The van der Waals surface area contributed by atoms with Gasteiger partial charge < -0.3 is 0 Å². The average molecular weight is 441 g/mol. The molecule has 0 aliphatic heterocycles. The summed E-state index contributed by atoms with van der Waals surface area (Å²) in [5.74, 6) is 0. The molecule has 0 saturated carbocycles. The maximum absolute atomic E-state index is 12.9. The second-order valence-electron chi connectivity index (χ2n) is 5.45. The van der Waals surface area contributed by atoms with E-state index in [1.807, 2.05) is 37.4 Å². The molecule has 0 atom stereocenters. The van der Waals surface area contributed by atoms with E-state index in [0.29, 0.717) is 11.6 Å². The lowest BCUT2D eigenvalue weighted by molar-refractivity contribution is 0.421. The van der Waals surface area contributed by atoms with Crippen molar-refractivity contribution >= 4 is 37.3 Å². The molecule has 0 amide bonds. The van der Waals surface area contributed by atoms with Crippen molar-refractivity contribution in [2.45, 2.75) is 18.5 Å². The number of nitrogens with zero attached hydrogens (tertiary/aromatic N) is 4. The van der Waals surface area contributed by atoms with Crippen LogP contribution in [-0.2, 0) is 23.6 Å². The SMILES string of the molecule is CCN(Cc1cnn(C)c1)S(=O)(=O)c1csc(-c2ccc(Br)cc2)n1. The van der Waals surface area contributed by atoms with Crippen LogP contribution < -0.4 is 0 Å². The van der Waals surface area contributed by atoms with Crippen molar-refractivity contribution in [2.24, 2.45) is 7.05 Å². The van der Waals surface area contributed by atoms with Crippen molar-refractivity contribution in [2.75, 3.05) is 6.54 Å². The third-order valence-corrected chi connectivity index (χ3v) is 7.02. The Balaban J connectivity index is 1.87. The Bertz CT molecular complexity index is 964. The molecular formula is C16H17BrN4O2S2. The van der Waals surface area contributed by atoms with E-state index in [9.17, 15) is 8.42 Å². The van der Waals surface area contributed by atoms with Crippen molar-refractivity contribution in [1.29, 1.82) is 0 Å². The van der Waals surface area contributed by atoms with Crippen molar-refractivity contribution < 1.29 is 8.42 Å². The number of halogens is 1. The number of aromatic nitrogens is 3. The molecule has 25 heavy (non-hydrogen) atoms. The van der Waals surface area contributed by atoms with Crippen LogP contribution in [0.5, 0.6) is 0 Å². The van der Waals surface area contributed by atoms with E-state index in [2.05, 4.69) is 26.0 Å². The van der Waals surface area contributed by atoms with E-state index in [0.717, 1.165) is 15.6 Å². The molecule has 2 aromatic heterocycles. The fraction of sp³-hybridized carbons (Fsp3) is 0.250. The molecule has 1 aromatic carbocycles. The molecule has 0 aliphatic rings. The van der Waals surface area contributed by atoms with Gasteiger partial charge in [0.1, 0.15) is 5.01 Å². The number of thiazole rings is 1. The predicted molar refractivity (Wildman–Crippen MR) is 102 cm³/mol. The van der Waals surface area contributed by atoms with Gasteiger partial charge in [-0.05, 0) is 12.1 Å². The van der Waals surface area contributed by atoms with Crippen LogP contribution in [0.3, 0.4) is 0 Å². The van der Waals surface area contributed by atoms with Gasteiger partial charge in [0.25, 0.3) is 10.0 Å². The molecule has 0 bridgehead atoms. The molecule has 0 radical (unpaired) electrons. The van der Waals surface area contributed by atoms with Crippen molar-refractivity contribution in [3.05, 3.63) is 52.1 Å². The lowest BCUT2D eigenvalue weighted by Crippen LogP contribution is -2.30. The summed E-state index contributed by atoms with van der Waals surface area (Å²) < 4.78 is 29.8. The normalized spacial score (nSPS) is 12.0. The second kappa shape index (κ2) is 7.36. The third kappa shape index (κ3) is 4.00. The summed E-state index contributed by atoms with van der Waals surface area (Å²) in [4.78, 5) is 4.35. The van der Waals surface area contributed by atoms with Gasteiger partial charge in [-0.15, -0.1) is 11.3 Å². The zero-order chi connectivity index (χ0) is 18.0. The summed E-state index contributed by atoms with van der Waals surface area (Å²) in [6.45, 7) is 2.45. The highest BCUT2D eigenvalue weighted by Gasteiger charge is 2.26. The van der Waals surface area contributed by atoms with E-state index in [4.69, 9.17) is 0 Å². The monoisotopic (exact) mass is 440 g/mol. The van der Waals surface area contributed by atoms with Crippen LogP contribution in [0.25, 0.3) is 10.6 Å². The lowest BCUT2D eigenvalue weighted by Gasteiger charge is -2.18. The van der Waals surface area contributed by atoms with Gasteiger partial charge in [0.15, 0.2) is 5.03 Å². The quantitative estimate of drug-likeness (QED) is 0.587. The van der Waals surface area contributed by atoms with Crippen LogP contribution in [0, 0.1) is 0 Å². The first kappa shape index (κ1) is 18.2. The first-order valence-electron chi connectivity index (χ1n) is 7.59. The highest BCUT2D eigenvalue weighted by molar-refractivity contribution is 9.10. The maximum atomic E-state index is 12.9. The Hall–Kier alpha value is -1.55. The van der Waals surface area contributed by atoms with E-state index in [-0.39, 0.29) is 11.6 Å². The molecule has 0 N–H and O–H groups in total. The molecule has 3 aromatic rings. The summed E-state index contributed by atoms with van der Waals surface area (Å²) in [5, 5.41) is 6.45. The number of aryl methyl sites for hydroxylation is 1. The molecule has 2 heterocycles. The Kier molecular flexibility index (Phi) is 5.38. The summed E-state index contributed by atoms with van der Waals surface area (Å²) in [5.41, 5.74) is 1.74. The van der Waals surface area contributed by atoms with Crippen LogP contribution in [0.15, 0.2) is 51.5 Å². The Morgan fingerprint density at radius 2 is 2.00 bits per heavy atom. The van der Waals surface area contributed by atoms with Crippen LogP contribution in [-0.4, -0.2) is 34.0 Å². The van der Waals surface area contributed by atoms with Crippen molar-refractivity contribution in [3.8, 4) is 10.6 Å². The van der Waals surface area contributed by atoms with Gasteiger partial charge in [0, 0.05) is 47.3 Å². The molecule has 9 heteroatoms. The zero-order valence-electron chi connectivity index (χ0n) is 13.8. The topological polar surface area (TPSA) is 68.1 Å². The largest absolute Gasteiger partial charge is 0.275 e. The Morgan fingerprint density at radius 3 is 2.60 bits per heavy atom. The van der Waals surface area contributed by atoms with Gasteiger partial charge in [-0.1, -0.05) is 35.0 Å². The zero-order valence-corrected chi connectivity index (χ0v) is 17.0. The molecule has 0 spiro atoms. The van der Waals surface area contributed by atoms with Crippen LogP contribution in [0.1, 0.15) is 12.5 Å². The minimum atomic E-state index is -3.65. The van der Waals surface area contributed by atoms with Crippen LogP contribution in [0.2, 0.25) is 0 Å². The van der Waals surface area contributed by atoms with Gasteiger partial charge in [-0.3, -0.25) is 4.68 Å². The lowest BCUT2D eigenvalue weighted by atomic mass is 10.2. The van der Waals surface area contributed by atoms with Gasteiger partial charge in [0.2, 0.25) is 0 Å². The van der Waals surface area contributed by atoms with Gasteiger partial charge >= 0.3 is 0 Å². The molecular weight excluding hydrogens is 424 g/mol. The maximum Gasteiger partial charge on any atom is 0.261 e. The summed E-state index contributed by atoms with van der Waals surface area (Å²) in [7, 11) is -1.84. The number of hydrogen-bond acceptors (Lipinski definition) is 5. The number of sulfonamides is 1. The summed E-state index contributed by atoms with van der Waals surface area (Å²) >= 11 is 4.72. The Morgan fingerprint density at radius 1 is 1.28 bits per heavy atom. The summed E-state index contributed by atoms with van der Waals surface area (Å²) in [6, 6.07) is 7.64. The number of rotatable bonds is 6. The van der Waals surface area contributed by atoms with Gasteiger partial charge in [-0.2, -0.15) is 9.40 Å². The molecule has 3 rings (SSSR count). The molecule has 0 aliphatic carbocycles. The highest BCUT2D eigenvalue weighted by Crippen LogP contribution is 2.28. The van der Waals surface area contributed by atoms with Crippen LogP contribution in [0.4, 0.5) is 0 Å². The molecule has 0 fully saturated rings. The second-order valence-corrected chi connectivity index (χ2v) is 9.11. The fourth-order valence-electron chi connectivity index (χ4n) is 2.36. The standard InChI is InChI=1S/C16H17BrN4O2S2/c1-3-21(10-12-8-18-20(2)9-12)25(22,23)15-11-24-16(19-15)13-4-6-14(17)7-5-13/h4-9,11H,3,10H2,1-2H3. The van der Waals surface area contributed by atoms with E-state index in [1.54, 1.807) is 23.3 Å². The highest BCUT2D eigenvalue weighted by atomic mass is 79.9. The average Bonchev–Trinajstić information content (AvgIpc) is 3.22. The van der Waals surface area contributed by atoms with E-state index < -0.39 is 10.0 Å². The third-order valence-electron chi connectivity index (χ3n) is 3.65. The number of hydrogen-bond donors (Lipinski definition) is 0. The minimum Gasteiger partial charge on any atom is -0.275 e. The summed E-state index contributed by atoms with van der Waals surface area (Å²) in [6.07, 6.45) is 3.49. The van der Waals surface area contributed by atoms with Gasteiger partial charge in [-0.25, -0.2) is 13.4 Å². The van der Waals surface area contributed by atoms with Crippen LogP contribution >= 0.6 is 27.3 Å². The smallest absolute Gasteiger partial charge is 0.261 e. The minimum absolute atomic E-state index is 0.0844. The van der Waals surface area contributed by atoms with E-state index in [1.165, 1.54) is 15.6 Å². The molecule has 132 valence electrons.